The van der Waals surface area contributed by atoms with E-state index >= 15 is 0 Å². The number of hydrogen-bond donors (Lipinski definition) is 1. The van der Waals surface area contributed by atoms with Crippen LogP contribution in [0, 0.1) is 3.57 Å². The summed E-state index contributed by atoms with van der Waals surface area (Å²) >= 11 is 2.17. The molecule has 0 bridgehead atoms. The fourth-order valence-corrected chi connectivity index (χ4v) is 2.85. The topological polar surface area (TPSA) is 69.2 Å². The number of methoxy groups -OCH3 is 2. The predicted molar refractivity (Wildman–Crippen MR) is 105 cm³/mol. The molecule has 0 saturated heterocycles. The number of nitrogens with zero attached hydrogens (tertiary/aromatic N) is 1. The summed E-state index contributed by atoms with van der Waals surface area (Å²) in [6.07, 6.45) is 1.56. The van der Waals surface area contributed by atoms with Gasteiger partial charge in [0.25, 0.3) is 5.91 Å². The zero-order valence-electron chi connectivity index (χ0n) is 14.2. The van der Waals surface area contributed by atoms with E-state index in [-0.39, 0.29) is 5.91 Å². The van der Waals surface area contributed by atoms with Gasteiger partial charge in [-0.15, -0.1) is 0 Å². The predicted octanol–water partition coefficient (Wildman–Crippen LogP) is 3.47. The molecule has 7 heteroatoms. The fraction of sp³-hybridized carbons (Fsp3) is 0.222. The van der Waals surface area contributed by atoms with E-state index in [0.717, 1.165) is 9.13 Å². The van der Waals surface area contributed by atoms with E-state index in [1.165, 1.54) is 0 Å². The molecule has 6 nitrogen and oxygen atoms in total. The summed E-state index contributed by atoms with van der Waals surface area (Å²) in [5.74, 6) is 1.71. The van der Waals surface area contributed by atoms with Crippen molar-refractivity contribution >= 4 is 34.7 Å². The van der Waals surface area contributed by atoms with Gasteiger partial charge in [0.15, 0.2) is 11.5 Å². The number of benzene rings is 2. The molecule has 0 unspecified atom stereocenters. The van der Waals surface area contributed by atoms with E-state index in [2.05, 4.69) is 33.1 Å². The lowest BCUT2D eigenvalue weighted by atomic mass is 10.2. The van der Waals surface area contributed by atoms with Crippen molar-refractivity contribution in [2.75, 3.05) is 20.8 Å². The van der Waals surface area contributed by atoms with E-state index in [1.54, 1.807) is 50.8 Å². The molecular weight excluding hydrogens is 435 g/mol. The zero-order valence-corrected chi connectivity index (χ0v) is 16.4. The van der Waals surface area contributed by atoms with E-state index in [1.807, 2.05) is 13.0 Å². The van der Waals surface area contributed by atoms with Crippen LogP contribution < -0.4 is 19.6 Å². The summed E-state index contributed by atoms with van der Waals surface area (Å²) in [5.41, 5.74) is 3.79. The number of carbonyl (C=O) groups excluding carboxylic acids is 1. The lowest BCUT2D eigenvalue weighted by Gasteiger charge is -2.12. The maximum absolute atomic E-state index is 12.1. The average molecular weight is 454 g/mol. The molecule has 1 N–H and O–H groups in total. The van der Waals surface area contributed by atoms with Crippen molar-refractivity contribution in [3.05, 3.63) is 51.1 Å². The van der Waals surface area contributed by atoms with Gasteiger partial charge < -0.3 is 14.2 Å². The first-order valence-electron chi connectivity index (χ1n) is 7.56. The number of hydrogen-bond acceptors (Lipinski definition) is 5. The van der Waals surface area contributed by atoms with Gasteiger partial charge in [0.1, 0.15) is 5.75 Å². The molecule has 0 spiro atoms. The lowest BCUT2D eigenvalue weighted by Crippen LogP contribution is -2.17. The van der Waals surface area contributed by atoms with Crippen molar-refractivity contribution < 1.29 is 19.0 Å². The van der Waals surface area contributed by atoms with E-state index in [9.17, 15) is 4.79 Å². The minimum Gasteiger partial charge on any atom is -0.497 e. The zero-order chi connectivity index (χ0) is 18.2. The van der Waals surface area contributed by atoms with Gasteiger partial charge in [-0.1, -0.05) is 0 Å². The van der Waals surface area contributed by atoms with Gasteiger partial charge in [-0.3, -0.25) is 4.79 Å². The molecule has 0 fully saturated rings. The monoisotopic (exact) mass is 454 g/mol. The molecule has 0 aliphatic rings. The van der Waals surface area contributed by atoms with Crippen molar-refractivity contribution in [2.24, 2.45) is 5.10 Å². The van der Waals surface area contributed by atoms with Gasteiger partial charge in [-0.2, -0.15) is 5.10 Å². The third-order valence-corrected chi connectivity index (χ3v) is 4.07. The molecule has 2 aromatic carbocycles. The highest BCUT2D eigenvalue weighted by molar-refractivity contribution is 14.1. The highest BCUT2D eigenvalue weighted by atomic mass is 127. The first kappa shape index (κ1) is 19.0. The van der Waals surface area contributed by atoms with Crippen molar-refractivity contribution in [3.63, 3.8) is 0 Å². The molecular formula is C18H19IN2O4. The molecule has 132 valence electrons. The van der Waals surface area contributed by atoms with Crippen LogP contribution in [0.3, 0.4) is 0 Å². The number of rotatable bonds is 7. The third-order valence-electron chi connectivity index (χ3n) is 3.27. The number of nitrogens with one attached hydrogen (secondary N) is 1. The molecule has 1 amide bonds. The standard InChI is InChI=1S/C18H19IN2O4/c1-4-25-17-15(19)9-12(10-16(17)24-3)11-20-21-18(22)13-5-7-14(23-2)8-6-13/h5-11H,4H2,1-3H3,(H,21,22)/b20-11-. The number of ether oxygens (including phenoxy) is 3. The summed E-state index contributed by atoms with van der Waals surface area (Å²) in [5, 5.41) is 4.00. The maximum atomic E-state index is 12.1. The highest BCUT2D eigenvalue weighted by Gasteiger charge is 2.10. The van der Waals surface area contributed by atoms with Gasteiger partial charge in [0.2, 0.25) is 0 Å². The molecule has 2 rings (SSSR count). The Morgan fingerprint density at radius 1 is 1.20 bits per heavy atom. The van der Waals surface area contributed by atoms with Gasteiger partial charge in [0.05, 0.1) is 30.6 Å². The van der Waals surface area contributed by atoms with Crippen LogP contribution in [0.4, 0.5) is 0 Å². The Morgan fingerprint density at radius 3 is 2.52 bits per heavy atom. The number of halogens is 1. The molecule has 0 radical (unpaired) electrons. The van der Waals surface area contributed by atoms with Crippen LogP contribution in [0.5, 0.6) is 17.2 Å². The van der Waals surface area contributed by atoms with E-state index in [4.69, 9.17) is 14.2 Å². The van der Waals surface area contributed by atoms with Crippen molar-refractivity contribution in [2.45, 2.75) is 6.92 Å². The van der Waals surface area contributed by atoms with Crippen molar-refractivity contribution in [3.8, 4) is 17.2 Å². The Bertz CT molecular complexity index is 760. The Hall–Kier alpha value is -2.29. The Morgan fingerprint density at radius 2 is 1.92 bits per heavy atom. The number of amides is 1. The minimum atomic E-state index is -0.300. The smallest absolute Gasteiger partial charge is 0.271 e. The van der Waals surface area contributed by atoms with Crippen molar-refractivity contribution in [1.29, 1.82) is 0 Å². The van der Waals surface area contributed by atoms with Crippen LogP contribution in [-0.2, 0) is 0 Å². The largest absolute Gasteiger partial charge is 0.497 e. The fourth-order valence-electron chi connectivity index (χ4n) is 2.07. The summed E-state index contributed by atoms with van der Waals surface area (Å²) in [4.78, 5) is 12.1. The van der Waals surface area contributed by atoms with Crippen LogP contribution in [0.2, 0.25) is 0 Å². The molecule has 0 heterocycles. The Labute approximate surface area is 160 Å². The summed E-state index contributed by atoms with van der Waals surface area (Å²) in [7, 11) is 3.16. The first-order chi connectivity index (χ1) is 12.1. The average Bonchev–Trinajstić information content (AvgIpc) is 2.63. The molecule has 0 atom stereocenters. The second kappa shape index (κ2) is 9.26. The minimum absolute atomic E-state index is 0.300. The van der Waals surface area contributed by atoms with Crippen LogP contribution in [-0.4, -0.2) is 32.9 Å². The molecule has 0 aromatic heterocycles. The normalized spacial score (nSPS) is 10.6. The van der Waals surface area contributed by atoms with Gasteiger partial charge in [0, 0.05) is 5.56 Å². The van der Waals surface area contributed by atoms with E-state index in [0.29, 0.717) is 29.4 Å². The van der Waals surface area contributed by atoms with Crippen LogP contribution in [0.15, 0.2) is 41.5 Å². The van der Waals surface area contributed by atoms with Crippen LogP contribution in [0.1, 0.15) is 22.8 Å². The molecule has 0 aliphatic carbocycles. The summed E-state index contributed by atoms with van der Waals surface area (Å²) in [6, 6.07) is 10.5. The SMILES string of the molecule is CCOc1c(I)cc(/C=N\NC(=O)c2ccc(OC)cc2)cc1OC. The quantitative estimate of drug-likeness (QED) is 0.395. The summed E-state index contributed by atoms with van der Waals surface area (Å²) in [6.45, 7) is 2.47. The van der Waals surface area contributed by atoms with Crippen molar-refractivity contribution in [1.82, 2.24) is 5.43 Å². The first-order valence-corrected chi connectivity index (χ1v) is 8.64. The van der Waals surface area contributed by atoms with Gasteiger partial charge >= 0.3 is 0 Å². The maximum Gasteiger partial charge on any atom is 0.271 e. The molecule has 25 heavy (non-hydrogen) atoms. The molecule has 0 saturated carbocycles. The van der Waals surface area contributed by atoms with Gasteiger partial charge in [-0.25, -0.2) is 5.43 Å². The second-order valence-corrected chi connectivity index (χ2v) is 6.06. The highest BCUT2D eigenvalue weighted by Crippen LogP contribution is 2.33. The van der Waals surface area contributed by atoms with E-state index < -0.39 is 0 Å². The number of carbonyl (C=O) groups is 1. The van der Waals surface area contributed by atoms with Crippen LogP contribution >= 0.6 is 22.6 Å². The van der Waals surface area contributed by atoms with Crippen LogP contribution in [0.25, 0.3) is 0 Å². The lowest BCUT2D eigenvalue weighted by molar-refractivity contribution is 0.0955. The third kappa shape index (κ3) is 5.09. The summed E-state index contributed by atoms with van der Waals surface area (Å²) < 4.78 is 16.9. The Kier molecular flexibility index (Phi) is 7.05. The second-order valence-electron chi connectivity index (χ2n) is 4.89. The molecule has 0 aliphatic heterocycles. The Balaban J connectivity index is 2.08. The van der Waals surface area contributed by atoms with Gasteiger partial charge in [-0.05, 0) is 71.5 Å². The molecule has 2 aromatic rings. The number of hydrazone groups is 1.